The predicted octanol–water partition coefficient (Wildman–Crippen LogP) is 0.590. The summed E-state index contributed by atoms with van der Waals surface area (Å²) in [5, 5.41) is 2.94. The minimum Gasteiger partial charge on any atom is -0.486 e. The number of carbonyl (C=O) groups excluding carboxylic acids is 1. The number of nitrogens with one attached hydrogen (secondary N) is 1. The quantitative estimate of drug-likeness (QED) is 0.482. The van der Waals surface area contributed by atoms with Gasteiger partial charge in [-0.05, 0) is 23.8 Å². The average Bonchev–Trinajstić information content (AvgIpc) is 3.42. The van der Waals surface area contributed by atoms with E-state index in [0.717, 1.165) is 5.56 Å². The van der Waals surface area contributed by atoms with Crippen LogP contribution in [-0.2, 0) is 21.4 Å². The van der Waals surface area contributed by atoms with Gasteiger partial charge < -0.3 is 19.7 Å². The Kier molecular flexibility index (Phi) is 6.74. The summed E-state index contributed by atoms with van der Waals surface area (Å²) in [4.78, 5) is 27.9. The van der Waals surface area contributed by atoms with Crippen LogP contribution in [0.2, 0.25) is 0 Å². The normalized spacial score (nSPS) is 18.1. The third-order valence-electron chi connectivity index (χ3n) is 6.09. The number of fused-ring (bicyclic) bond motifs is 1. The number of hydrogen-bond donors (Lipinski definition) is 1. The number of anilines is 1. The first-order valence-corrected chi connectivity index (χ1v) is 13.4. The number of sulfonamides is 1. The molecule has 1 atom stereocenters. The summed E-state index contributed by atoms with van der Waals surface area (Å²) in [5.41, 5.74) is 0.881. The minimum atomic E-state index is -3.40. The third kappa shape index (κ3) is 5.41. The Labute approximate surface area is 208 Å². The smallest absolute Gasteiger partial charge is 0.236 e. The molecule has 1 N–H and O–H groups in total. The van der Waals surface area contributed by atoms with E-state index < -0.39 is 16.1 Å². The SMILES string of the molecule is CS(=O)(=O)N1CCN(c2ccnc(-n3ccnc3)n2)C(CC(=O)NCc2ccc3c(c2)OCCO3)C1. The van der Waals surface area contributed by atoms with Crippen LogP contribution in [0.4, 0.5) is 5.82 Å². The van der Waals surface area contributed by atoms with E-state index in [2.05, 4.69) is 20.3 Å². The van der Waals surface area contributed by atoms with Gasteiger partial charge in [-0.1, -0.05) is 6.07 Å². The standard InChI is InChI=1S/C23H27N7O5S/c1-36(32,33)29-8-9-30(21-4-5-25-23(27-21)28-7-6-24-16-28)18(15-29)13-22(31)26-14-17-2-3-19-20(12-17)35-11-10-34-19/h2-7,12,16,18H,8-11,13-15H2,1H3,(H,26,31). The number of imidazole rings is 1. The zero-order valence-corrected chi connectivity index (χ0v) is 20.6. The van der Waals surface area contributed by atoms with Crippen molar-refractivity contribution in [2.24, 2.45) is 0 Å². The number of hydrogen-bond acceptors (Lipinski definition) is 9. The molecule has 2 aliphatic rings. The molecule has 0 saturated carbocycles. The lowest BCUT2D eigenvalue weighted by atomic mass is 10.1. The lowest BCUT2D eigenvalue weighted by Gasteiger charge is -2.40. The van der Waals surface area contributed by atoms with Crippen molar-refractivity contribution in [3.8, 4) is 17.4 Å². The van der Waals surface area contributed by atoms with Crippen molar-refractivity contribution in [3.63, 3.8) is 0 Å². The fraction of sp³-hybridized carbons (Fsp3) is 0.391. The van der Waals surface area contributed by atoms with Gasteiger partial charge in [-0.2, -0.15) is 9.29 Å². The van der Waals surface area contributed by atoms with Crippen LogP contribution in [0.15, 0.2) is 49.2 Å². The van der Waals surface area contributed by atoms with E-state index in [1.54, 1.807) is 35.6 Å². The van der Waals surface area contributed by atoms with Crippen LogP contribution in [0.25, 0.3) is 5.95 Å². The zero-order valence-electron chi connectivity index (χ0n) is 19.8. The van der Waals surface area contributed by atoms with Crippen LogP contribution in [0.1, 0.15) is 12.0 Å². The van der Waals surface area contributed by atoms with E-state index in [1.807, 2.05) is 23.1 Å². The summed E-state index contributed by atoms with van der Waals surface area (Å²) in [6.07, 6.45) is 7.90. The van der Waals surface area contributed by atoms with E-state index in [4.69, 9.17) is 9.47 Å². The van der Waals surface area contributed by atoms with Gasteiger partial charge in [-0.15, -0.1) is 0 Å². The van der Waals surface area contributed by atoms with E-state index in [9.17, 15) is 13.2 Å². The molecule has 1 fully saturated rings. The number of benzene rings is 1. The zero-order chi connectivity index (χ0) is 25.1. The predicted molar refractivity (Wildman–Crippen MR) is 131 cm³/mol. The van der Waals surface area contributed by atoms with Crippen LogP contribution in [0.5, 0.6) is 11.5 Å². The van der Waals surface area contributed by atoms with Gasteiger partial charge in [0.1, 0.15) is 25.4 Å². The maximum Gasteiger partial charge on any atom is 0.236 e. The van der Waals surface area contributed by atoms with Gasteiger partial charge in [-0.3, -0.25) is 9.36 Å². The molecule has 13 heteroatoms. The lowest BCUT2D eigenvalue weighted by molar-refractivity contribution is -0.121. The second-order valence-corrected chi connectivity index (χ2v) is 10.6. The second-order valence-electron chi connectivity index (χ2n) is 8.61. The van der Waals surface area contributed by atoms with Crippen LogP contribution in [0, 0.1) is 0 Å². The highest BCUT2D eigenvalue weighted by molar-refractivity contribution is 7.88. The maximum absolute atomic E-state index is 13.0. The molecule has 1 unspecified atom stereocenters. The highest BCUT2D eigenvalue weighted by Crippen LogP contribution is 2.30. The largest absolute Gasteiger partial charge is 0.486 e. The molecule has 36 heavy (non-hydrogen) atoms. The molecule has 2 aliphatic heterocycles. The van der Waals surface area contributed by atoms with E-state index in [0.29, 0.717) is 56.1 Å². The van der Waals surface area contributed by atoms with Crippen LogP contribution in [-0.4, -0.2) is 83.3 Å². The molecule has 0 radical (unpaired) electrons. The fourth-order valence-corrected chi connectivity index (χ4v) is 5.15. The van der Waals surface area contributed by atoms with Crippen LogP contribution < -0.4 is 19.7 Å². The highest BCUT2D eigenvalue weighted by atomic mass is 32.2. The Hall–Kier alpha value is -3.71. The molecular formula is C23H27N7O5S. The molecule has 3 aromatic rings. The van der Waals surface area contributed by atoms with Crippen molar-refractivity contribution in [2.75, 3.05) is 44.0 Å². The van der Waals surface area contributed by atoms with Crippen LogP contribution >= 0.6 is 0 Å². The Morgan fingerprint density at radius 2 is 1.97 bits per heavy atom. The molecule has 1 amide bonds. The van der Waals surface area contributed by atoms with Gasteiger partial charge in [0, 0.05) is 51.2 Å². The van der Waals surface area contributed by atoms with Gasteiger partial charge in [0.05, 0.1) is 12.3 Å². The van der Waals surface area contributed by atoms with Gasteiger partial charge in [0.2, 0.25) is 21.9 Å². The summed E-state index contributed by atoms with van der Waals surface area (Å²) < 4.78 is 38.7. The Morgan fingerprint density at radius 3 is 2.75 bits per heavy atom. The molecule has 190 valence electrons. The molecular weight excluding hydrogens is 486 g/mol. The van der Waals surface area contributed by atoms with Gasteiger partial charge >= 0.3 is 0 Å². The number of carbonyl (C=O) groups is 1. The van der Waals surface area contributed by atoms with E-state index >= 15 is 0 Å². The number of rotatable bonds is 7. The minimum absolute atomic E-state index is 0.0982. The van der Waals surface area contributed by atoms with Crippen LogP contribution in [0.3, 0.4) is 0 Å². The van der Waals surface area contributed by atoms with Crippen molar-refractivity contribution >= 4 is 21.7 Å². The first-order chi connectivity index (χ1) is 17.4. The second kappa shape index (κ2) is 10.1. The Morgan fingerprint density at radius 1 is 1.14 bits per heavy atom. The number of ether oxygens (including phenoxy) is 2. The van der Waals surface area contributed by atoms with Crippen molar-refractivity contribution in [2.45, 2.75) is 19.0 Å². The number of nitrogens with zero attached hydrogens (tertiary/aromatic N) is 6. The van der Waals surface area contributed by atoms with Gasteiger partial charge in [0.15, 0.2) is 11.5 Å². The summed E-state index contributed by atoms with van der Waals surface area (Å²) in [7, 11) is -3.40. The molecule has 0 spiro atoms. The number of aromatic nitrogens is 4. The molecule has 4 heterocycles. The molecule has 12 nitrogen and oxygen atoms in total. The monoisotopic (exact) mass is 513 g/mol. The fourth-order valence-electron chi connectivity index (χ4n) is 4.29. The highest BCUT2D eigenvalue weighted by Gasteiger charge is 2.33. The molecule has 1 saturated heterocycles. The summed E-state index contributed by atoms with van der Waals surface area (Å²) in [5.74, 6) is 2.21. The topological polar surface area (TPSA) is 132 Å². The molecule has 5 rings (SSSR count). The van der Waals surface area contributed by atoms with E-state index in [-0.39, 0.29) is 18.9 Å². The summed E-state index contributed by atoms with van der Waals surface area (Å²) in [6, 6.07) is 6.92. The molecule has 0 bridgehead atoms. The van der Waals surface area contributed by atoms with E-state index in [1.165, 1.54) is 10.6 Å². The van der Waals surface area contributed by atoms with Crippen molar-refractivity contribution < 1.29 is 22.7 Å². The molecule has 1 aromatic carbocycles. The number of piperazine rings is 1. The lowest BCUT2D eigenvalue weighted by Crippen LogP contribution is -2.56. The Bertz CT molecular complexity index is 1330. The first-order valence-electron chi connectivity index (χ1n) is 11.6. The molecule has 2 aromatic heterocycles. The van der Waals surface area contributed by atoms with Crippen molar-refractivity contribution in [3.05, 3.63) is 54.7 Å². The third-order valence-corrected chi connectivity index (χ3v) is 7.36. The number of amides is 1. The van der Waals surface area contributed by atoms with Gasteiger partial charge in [-0.25, -0.2) is 18.4 Å². The first kappa shape index (κ1) is 24.0. The van der Waals surface area contributed by atoms with Crippen molar-refractivity contribution in [1.82, 2.24) is 29.1 Å². The average molecular weight is 514 g/mol. The van der Waals surface area contributed by atoms with Crippen molar-refractivity contribution in [1.29, 1.82) is 0 Å². The van der Waals surface area contributed by atoms with Gasteiger partial charge in [0.25, 0.3) is 0 Å². The Balaban J connectivity index is 1.30. The molecule has 0 aliphatic carbocycles. The summed E-state index contributed by atoms with van der Waals surface area (Å²) >= 11 is 0. The summed E-state index contributed by atoms with van der Waals surface area (Å²) in [6.45, 7) is 2.20. The maximum atomic E-state index is 13.0.